The third-order valence-electron chi connectivity index (χ3n) is 2.23. The van der Waals surface area contributed by atoms with Crippen molar-refractivity contribution in [2.45, 2.75) is 12.5 Å². The summed E-state index contributed by atoms with van der Waals surface area (Å²) < 4.78 is 4.79. The Balaban J connectivity index is 2.07. The summed E-state index contributed by atoms with van der Waals surface area (Å²) >= 11 is 1.97. The Morgan fingerprint density at radius 1 is 1.85 bits per heavy atom. The van der Waals surface area contributed by atoms with Gasteiger partial charge < -0.3 is 5.73 Å². The number of rotatable bonds is 2. The minimum absolute atomic E-state index is 0.345. The number of thioether (sulfide) groups is 1. The molecule has 1 saturated heterocycles. The third kappa shape index (κ3) is 1.72. The van der Waals surface area contributed by atoms with Crippen LogP contribution in [0.2, 0.25) is 0 Å². The van der Waals surface area contributed by atoms with E-state index in [0.29, 0.717) is 11.9 Å². The number of aromatic nitrogens is 2. The highest BCUT2D eigenvalue weighted by molar-refractivity contribution is 7.99. The zero-order valence-electron chi connectivity index (χ0n) is 7.51. The second kappa shape index (κ2) is 3.45. The molecule has 2 rings (SSSR count). The minimum atomic E-state index is 0.345. The molecule has 6 heteroatoms. The van der Waals surface area contributed by atoms with Crippen LogP contribution in [-0.2, 0) is 0 Å². The lowest BCUT2D eigenvalue weighted by Crippen LogP contribution is -2.61. The quantitative estimate of drug-likeness (QED) is 0.661. The van der Waals surface area contributed by atoms with E-state index < -0.39 is 0 Å². The van der Waals surface area contributed by atoms with Crippen LogP contribution < -0.4 is 15.5 Å². The van der Waals surface area contributed by atoms with E-state index in [1.54, 1.807) is 11.0 Å². The van der Waals surface area contributed by atoms with Crippen LogP contribution in [0.4, 0.5) is 5.88 Å². The maximum Gasteiger partial charge on any atom is 0.296 e. The first kappa shape index (κ1) is 8.68. The maximum absolute atomic E-state index is 5.43. The molecule has 1 aliphatic rings. The van der Waals surface area contributed by atoms with E-state index in [9.17, 15) is 0 Å². The lowest BCUT2D eigenvalue weighted by Gasteiger charge is -2.13. The highest BCUT2D eigenvalue weighted by Gasteiger charge is 2.27. The molecular formula is C7H13N4OS+. The lowest BCUT2D eigenvalue weighted by atomic mass is 10.3. The van der Waals surface area contributed by atoms with Crippen LogP contribution in [0.15, 0.2) is 10.7 Å². The molecule has 0 aliphatic carbocycles. The van der Waals surface area contributed by atoms with Gasteiger partial charge in [-0.3, -0.25) is 4.52 Å². The molecule has 1 aromatic heterocycles. The van der Waals surface area contributed by atoms with Crippen molar-refractivity contribution in [1.82, 2.24) is 5.27 Å². The van der Waals surface area contributed by atoms with Crippen molar-refractivity contribution >= 4 is 17.6 Å². The van der Waals surface area contributed by atoms with Crippen molar-refractivity contribution in [2.75, 3.05) is 29.3 Å². The van der Waals surface area contributed by atoms with E-state index in [-0.39, 0.29) is 0 Å². The molecule has 1 unspecified atom stereocenters. The fourth-order valence-corrected chi connectivity index (χ4v) is 2.64. The Kier molecular flexibility index (Phi) is 2.30. The molecule has 13 heavy (non-hydrogen) atoms. The summed E-state index contributed by atoms with van der Waals surface area (Å²) in [6.45, 7) is 0. The molecule has 5 nitrogen and oxygen atoms in total. The fourth-order valence-electron chi connectivity index (χ4n) is 1.38. The smallest absolute Gasteiger partial charge is 0.296 e. The number of nitrogens with two attached hydrogens (primary N) is 1. The van der Waals surface area contributed by atoms with Gasteiger partial charge in [0.1, 0.15) is 0 Å². The number of hydrogen-bond acceptors (Lipinski definition) is 5. The van der Waals surface area contributed by atoms with Gasteiger partial charge in [0.05, 0.1) is 17.9 Å². The zero-order valence-corrected chi connectivity index (χ0v) is 8.33. The molecule has 0 radical (unpaired) electrons. The number of nitrogens with zero attached hydrogens (tertiary/aromatic N) is 3. The first-order valence-corrected chi connectivity index (χ1v) is 5.38. The van der Waals surface area contributed by atoms with Crippen molar-refractivity contribution < 1.29 is 9.31 Å². The first-order chi connectivity index (χ1) is 6.27. The number of nitrogen functional groups attached to an aromatic ring is 1. The van der Waals surface area contributed by atoms with E-state index in [1.165, 1.54) is 12.2 Å². The van der Waals surface area contributed by atoms with Gasteiger partial charge in [-0.25, -0.2) is 0 Å². The van der Waals surface area contributed by atoms with Crippen molar-refractivity contribution in [3.05, 3.63) is 6.20 Å². The minimum Gasteiger partial charge on any atom is -0.362 e. The van der Waals surface area contributed by atoms with Crippen molar-refractivity contribution in [2.24, 2.45) is 0 Å². The summed E-state index contributed by atoms with van der Waals surface area (Å²) in [7, 11) is 2.00. The Morgan fingerprint density at radius 2 is 2.69 bits per heavy atom. The van der Waals surface area contributed by atoms with E-state index in [4.69, 9.17) is 10.3 Å². The molecule has 1 aromatic rings. The standard InChI is InChI=1S/C7H13N4OS/c1-10(6-2-3-13-5-6)11-4-7(8)12-9-11/h4,6H,2-3,5,8H2,1H3/q+1. The molecule has 1 fully saturated rings. The van der Waals surface area contributed by atoms with Crippen LogP contribution >= 0.6 is 11.8 Å². The van der Waals surface area contributed by atoms with Crippen molar-refractivity contribution in [1.29, 1.82) is 0 Å². The summed E-state index contributed by atoms with van der Waals surface area (Å²) in [4.78, 5) is 1.66. The Labute approximate surface area is 80.8 Å². The normalized spacial score (nSPS) is 22.1. The molecule has 0 aromatic carbocycles. The highest BCUT2D eigenvalue weighted by atomic mass is 32.2. The van der Waals surface area contributed by atoms with Crippen molar-refractivity contribution in [3.63, 3.8) is 0 Å². The van der Waals surface area contributed by atoms with Gasteiger partial charge in [0, 0.05) is 5.75 Å². The zero-order chi connectivity index (χ0) is 9.26. The predicted octanol–water partition coefficient (Wildman–Crippen LogP) is -0.382. The summed E-state index contributed by atoms with van der Waals surface area (Å²) in [6, 6.07) is 0.541. The summed E-state index contributed by atoms with van der Waals surface area (Å²) in [5, 5.41) is 5.85. The molecule has 0 amide bonds. The molecule has 1 atom stereocenters. The topological polar surface area (TPSA) is 59.2 Å². The van der Waals surface area contributed by atoms with Gasteiger partial charge in [-0.15, -0.1) is 0 Å². The highest BCUT2D eigenvalue weighted by Crippen LogP contribution is 2.19. The van der Waals surface area contributed by atoms with Crippen LogP contribution in [0.5, 0.6) is 0 Å². The molecule has 2 heterocycles. The predicted molar refractivity (Wildman–Crippen MR) is 51.0 cm³/mol. The average molecular weight is 201 g/mol. The van der Waals surface area contributed by atoms with Crippen molar-refractivity contribution in [3.8, 4) is 0 Å². The van der Waals surface area contributed by atoms with Gasteiger partial charge in [0.25, 0.3) is 12.1 Å². The van der Waals surface area contributed by atoms with E-state index in [1.807, 2.05) is 18.8 Å². The van der Waals surface area contributed by atoms with Gasteiger partial charge in [0.15, 0.2) is 0 Å². The lowest BCUT2D eigenvalue weighted by molar-refractivity contribution is -0.758. The number of anilines is 1. The molecular weight excluding hydrogens is 188 g/mol. The summed E-state index contributed by atoms with van der Waals surface area (Å²) in [5.41, 5.74) is 5.43. The molecule has 1 aliphatic heterocycles. The molecule has 0 saturated carbocycles. The van der Waals surface area contributed by atoms with Gasteiger partial charge >= 0.3 is 0 Å². The second-order valence-corrected chi connectivity index (χ2v) is 4.27. The fraction of sp³-hybridized carbons (Fsp3) is 0.714. The molecule has 0 bridgehead atoms. The van der Waals surface area contributed by atoms with Crippen LogP contribution in [0.25, 0.3) is 0 Å². The summed E-state index contributed by atoms with van der Waals surface area (Å²) in [6.07, 6.45) is 2.88. The summed E-state index contributed by atoms with van der Waals surface area (Å²) in [5.74, 6) is 2.72. The largest absolute Gasteiger partial charge is 0.362 e. The molecule has 2 N–H and O–H groups in total. The van der Waals surface area contributed by atoms with Crippen LogP contribution in [-0.4, -0.2) is 29.9 Å². The molecule has 0 spiro atoms. The first-order valence-electron chi connectivity index (χ1n) is 4.22. The maximum atomic E-state index is 5.43. The second-order valence-electron chi connectivity index (χ2n) is 3.12. The van der Waals surface area contributed by atoms with Crippen LogP contribution in [0.1, 0.15) is 6.42 Å². The van der Waals surface area contributed by atoms with Crippen LogP contribution in [0.3, 0.4) is 0 Å². The van der Waals surface area contributed by atoms with E-state index in [2.05, 4.69) is 10.3 Å². The monoisotopic (exact) mass is 201 g/mol. The Bertz CT molecular complexity index is 284. The van der Waals surface area contributed by atoms with Gasteiger partial charge in [-0.2, -0.15) is 16.8 Å². The number of hydrogen-bond donors (Lipinski definition) is 1. The Hall–Kier alpha value is -0.910. The third-order valence-corrected chi connectivity index (χ3v) is 3.37. The SMILES string of the molecule is CN(C1CCSC1)[n+]1cc(N)on1. The average Bonchev–Trinajstić information content (AvgIpc) is 2.72. The van der Waals surface area contributed by atoms with Crippen LogP contribution in [0, 0.1) is 0 Å². The van der Waals surface area contributed by atoms with Gasteiger partial charge in [-0.1, -0.05) is 0 Å². The van der Waals surface area contributed by atoms with E-state index in [0.717, 1.165) is 5.75 Å². The van der Waals surface area contributed by atoms with E-state index >= 15 is 0 Å². The van der Waals surface area contributed by atoms with Gasteiger partial charge in [0.2, 0.25) is 5.27 Å². The Morgan fingerprint density at radius 3 is 3.23 bits per heavy atom. The van der Waals surface area contributed by atoms with Gasteiger partial charge in [-0.05, 0) is 12.2 Å². The molecule has 72 valence electrons.